The number of hydrogen-bond donors (Lipinski definition) is 2. The van der Waals surface area contributed by atoms with Gasteiger partial charge in [0.15, 0.2) is 11.5 Å². The molecule has 0 unspecified atom stereocenters. The number of carbonyl (C=O) groups excluding carboxylic acids is 1. The Morgan fingerprint density at radius 1 is 0.947 bits per heavy atom. The normalized spacial score (nSPS) is 16.8. The summed E-state index contributed by atoms with van der Waals surface area (Å²) >= 11 is 0. The number of amides is 1. The average molecular weight is 517 g/mol. The summed E-state index contributed by atoms with van der Waals surface area (Å²) < 4.78 is 1.03. The summed E-state index contributed by atoms with van der Waals surface area (Å²) in [6.45, 7) is 6.58. The Morgan fingerprint density at radius 2 is 1.63 bits per heavy atom. The first kappa shape index (κ1) is 25.1. The van der Waals surface area contributed by atoms with Gasteiger partial charge in [0, 0.05) is 51.5 Å². The summed E-state index contributed by atoms with van der Waals surface area (Å²) in [5.41, 5.74) is 5.12. The van der Waals surface area contributed by atoms with Gasteiger partial charge in [-0.15, -0.1) is 15.3 Å². The topological polar surface area (TPSA) is 170 Å². The number of nitrogens with one attached hydrogen (secondary N) is 1. The number of carbonyl (C=O) groups is 1. The van der Waals surface area contributed by atoms with E-state index < -0.39 is 17.2 Å². The smallest absolute Gasteiger partial charge is 0.349 e. The minimum absolute atomic E-state index is 0.171. The van der Waals surface area contributed by atoms with Gasteiger partial charge in [0.25, 0.3) is 11.5 Å². The Balaban J connectivity index is 1.11. The maximum atomic E-state index is 12.1. The number of H-pyrrole nitrogens is 1. The van der Waals surface area contributed by atoms with Crippen LogP contribution in [0.3, 0.4) is 0 Å². The van der Waals surface area contributed by atoms with Crippen LogP contribution in [0.1, 0.15) is 29.0 Å². The first-order valence-corrected chi connectivity index (χ1v) is 12.5. The highest BCUT2D eigenvalue weighted by Crippen LogP contribution is 2.25. The number of nitriles is 1. The largest absolute Gasteiger partial charge is 0.372 e. The third kappa shape index (κ3) is 5.40. The molecule has 3 N–H and O–H groups in total. The van der Waals surface area contributed by atoms with Gasteiger partial charge in [-0.1, -0.05) is 0 Å². The highest BCUT2D eigenvalue weighted by Gasteiger charge is 2.25. The van der Waals surface area contributed by atoms with E-state index in [1.807, 2.05) is 12.1 Å². The zero-order valence-electron chi connectivity index (χ0n) is 20.8. The van der Waals surface area contributed by atoms with Crippen molar-refractivity contribution < 1.29 is 4.79 Å². The molecule has 0 bridgehead atoms. The van der Waals surface area contributed by atoms with Gasteiger partial charge >= 0.3 is 5.69 Å². The van der Waals surface area contributed by atoms with Crippen LogP contribution in [0.25, 0.3) is 5.69 Å². The zero-order chi connectivity index (χ0) is 26.6. The van der Waals surface area contributed by atoms with Crippen molar-refractivity contribution in [2.45, 2.75) is 12.8 Å². The first-order chi connectivity index (χ1) is 18.4. The van der Waals surface area contributed by atoms with Crippen LogP contribution in [-0.4, -0.2) is 81.6 Å². The molecule has 1 aromatic carbocycles. The summed E-state index contributed by atoms with van der Waals surface area (Å²) in [4.78, 5) is 44.0. The minimum Gasteiger partial charge on any atom is -0.372 e. The molecular weight excluding hydrogens is 488 g/mol. The van der Waals surface area contributed by atoms with Gasteiger partial charge in [-0.2, -0.15) is 9.94 Å². The number of nitrogens with two attached hydrogens (primary N) is 1. The van der Waals surface area contributed by atoms with Crippen molar-refractivity contribution in [1.29, 1.82) is 5.26 Å². The summed E-state index contributed by atoms with van der Waals surface area (Å²) in [5.74, 6) is 0.813. The molecule has 0 radical (unpaired) electrons. The number of rotatable bonds is 6. The van der Waals surface area contributed by atoms with Crippen molar-refractivity contribution >= 4 is 17.4 Å². The Labute approximate surface area is 218 Å². The molecule has 2 aliphatic rings. The number of piperazine rings is 1. The highest BCUT2D eigenvalue weighted by atomic mass is 16.2. The predicted octanol–water partition coefficient (Wildman–Crippen LogP) is -0.280. The van der Waals surface area contributed by atoms with E-state index in [1.54, 1.807) is 30.3 Å². The standard InChI is InChI=1S/C25H28N10O3/c26-15-21-24(37)28-25(38)35(31-21)19-3-1-18(2-4-19)33-9-7-17(8-10-33)16-32-11-13-34(14-12-32)22-6-5-20(23(27)36)29-30-22/h1-6,17H,7-14,16H2,(H2,27,36)(H,28,37,38). The lowest BCUT2D eigenvalue weighted by atomic mass is 9.95. The quantitative estimate of drug-likeness (QED) is 0.444. The molecule has 196 valence electrons. The molecule has 13 nitrogen and oxygen atoms in total. The van der Waals surface area contributed by atoms with Gasteiger partial charge in [-0.25, -0.2) is 4.79 Å². The molecule has 3 aromatic rings. The molecular formula is C25H28N10O3. The van der Waals surface area contributed by atoms with Crippen LogP contribution in [0.15, 0.2) is 46.0 Å². The molecule has 2 fully saturated rings. The molecule has 0 aliphatic carbocycles. The Hall–Kier alpha value is -4.57. The lowest BCUT2D eigenvalue weighted by Gasteiger charge is -2.39. The van der Waals surface area contributed by atoms with Crippen molar-refractivity contribution in [3.63, 3.8) is 0 Å². The molecule has 2 aromatic heterocycles. The summed E-state index contributed by atoms with van der Waals surface area (Å²) in [6, 6.07) is 12.5. The molecule has 38 heavy (non-hydrogen) atoms. The van der Waals surface area contributed by atoms with Gasteiger partial charge in [-0.05, 0) is 55.2 Å². The third-order valence-corrected chi connectivity index (χ3v) is 7.12. The Morgan fingerprint density at radius 3 is 2.24 bits per heavy atom. The molecule has 4 heterocycles. The molecule has 0 saturated carbocycles. The lowest BCUT2D eigenvalue weighted by Crippen LogP contribution is -2.49. The van der Waals surface area contributed by atoms with Crippen LogP contribution < -0.4 is 26.8 Å². The van der Waals surface area contributed by atoms with E-state index >= 15 is 0 Å². The van der Waals surface area contributed by atoms with Crippen molar-refractivity contribution in [3.05, 3.63) is 68.6 Å². The lowest BCUT2D eigenvalue weighted by molar-refractivity contribution is 0.0994. The van der Waals surface area contributed by atoms with E-state index in [1.165, 1.54) is 0 Å². The van der Waals surface area contributed by atoms with E-state index in [9.17, 15) is 14.4 Å². The Kier molecular flexibility index (Phi) is 7.14. The van der Waals surface area contributed by atoms with Crippen molar-refractivity contribution in [1.82, 2.24) is 29.9 Å². The van der Waals surface area contributed by atoms with Crippen LogP contribution >= 0.6 is 0 Å². The van der Waals surface area contributed by atoms with Crippen molar-refractivity contribution in [2.24, 2.45) is 11.7 Å². The minimum atomic E-state index is -0.791. The van der Waals surface area contributed by atoms with Crippen LogP contribution in [-0.2, 0) is 0 Å². The first-order valence-electron chi connectivity index (χ1n) is 12.5. The fraction of sp³-hybridized carbons (Fsp3) is 0.400. The van der Waals surface area contributed by atoms with Crippen LogP contribution in [0, 0.1) is 17.2 Å². The molecule has 2 aliphatic heterocycles. The maximum absolute atomic E-state index is 12.1. The van der Waals surface area contributed by atoms with Crippen LogP contribution in [0.2, 0.25) is 0 Å². The monoisotopic (exact) mass is 516 g/mol. The number of primary amides is 1. The second-order valence-corrected chi connectivity index (χ2v) is 9.51. The maximum Gasteiger partial charge on any atom is 0.349 e. The van der Waals surface area contributed by atoms with Gasteiger partial charge in [-0.3, -0.25) is 19.5 Å². The third-order valence-electron chi connectivity index (χ3n) is 7.12. The van der Waals surface area contributed by atoms with Crippen molar-refractivity contribution in [2.75, 3.05) is 55.6 Å². The molecule has 2 saturated heterocycles. The van der Waals surface area contributed by atoms with Crippen LogP contribution in [0.4, 0.5) is 11.5 Å². The van der Waals surface area contributed by atoms with Gasteiger partial charge in [0.2, 0.25) is 5.69 Å². The summed E-state index contributed by atoms with van der Waals surface area (Å²) in [7, 11) is 0. The molecule has 13 heteroatoms. The highest BCUT2D eigenvalue weighted by molar-refractivity contribution is 5.90. The van der Waals surface area contributed by atoms with E-state index in [0.717, 1.165) is 74.8 Å². The molecule has 0 spiro atoms. The Bertz CT molecular complexity index is 1440. The summed E-state index contributed by atoms with van der Waals surface area (Å²) in [6.07, 6.45) is 2.18. The molecule has 5 rings (SSSR count). The van der Waals surface area contributed by atoms with Crippen LogP contribution in [0.5, 0.6) is 0 Å². The second-order valence-electron chi connectivity index (χ2n) is 9.51. The van der Waals surface area contributed by atoms with Gasteiger partial charge in [0.1, 0.15) is 6.07 Å². The zero-order valence-corrected chi connectivity index (χ0v) is 20.8. The number of benzene rings is 1. The van der Waals surface area contributed by atoms with Crippen molar-refractivity contribution in [3.8, 4) is 11.8 Å². The second kappa shape index (κ2) is 10.8. The predicted molar refractivity (Wildman–Crippen MR) is 139 cm³/mol. The van der Waals surface area contributed by atoms with E-state index in [-0.39, 0.29) is 11.4 Å². The number of aromatic nitrogens is 5. The molecule has 1 amide bonds. The average Bonchev–Trinajstić information content (AvgIpc) is 2.94. The fourth-order valence-corrected chi connectivity index (χ4v) is 4.98. The van der Waals surface area contributed by atoms with E-state index in [2.05, 4.69) is 35.0 Å². The van der Waals surface area contributed by atoms with Gasteiger partial charge < -0.3 is 15.5 Å². The number of piperidine rings is 1. The van der Waals surface area contributed by atoms with E-state index in [0.29, 0.717) is 11.6 Å². The number of aromatic amines is 1. The fourth-order valence-electron chi connectivity index (χ4n) is 4.98. The van der Waals surface area contributed by atoms with Gasteiger partial charge in [0.05, 0.1) is 5.69 Å². The summed E-state index contributed by atoms with van der Waals surface area (Å²) in [5, 5.41) is 20.9. The number of hydrogen-bond acceptors (Lipinski definition) is 10. The number of nitrogens with zero attached hydrogens (tertiary/aromatic N) is 8. The molecule has 0 atom stereocenters. The number of anilines is 2. The SMILES string of the molecule is N#Cc1nn(-c2ccc(N3CCC(CN4CCN(c5ccc(C(N)=O)nn5)CC4)CC3)cc2)c(=O)[nH]c1=O. The van der Waals surface area contributed by atoms with E-state index in [4.69, 9.17) is 11.0 Å².